The van der Waals surface area contributed by atoms with Gasteiger partial charge in [-0.2, -0.15) is 0 Å². The molecule has 0 heterocycles. The van der Waals surface area contributed by atoms with Crippen LogP contribution in [-0.4, -0.2) is 50.6 Å². The van der Waals surface area contributed by atoms with Crippen LogP contribution in [0.5, 0.6) is 0 Å². The Bertz CT molecular complexity index is 266. The molecule has 1 fully saturated rings. The van der Waals surface area contributed by atoms with Gasteiger partial charge in [0, 0.05) is 13.8 Å². The quantitative estimate of drug-likeness (QED) is 0.497. The third kappa shape index (κ3) is 8.12. The van der Waals surface area contributed by atoms with Crippen LogP contribution in [0.3, 0.4) is 0 Å². The molecule has 1 aliphatic rings. The van der Waals surface area contributed by atoms with E-state index in [-0.39, 0.29) is 24.1 Å². The van der Waals surface area contributed by atoms with E-state index in [1.807, 2.05) is 0 Å². The van der Waals surface area contributed by atoms with Gasteiger partial charge < -0.3 is 18.9 Å². The molecular formula is C14H24O6. The molecule has 6 heteroatoms. The third-order valence-corrected chi connectivity index (χ3v) is 3.11. The van der Waals surface area contributed by atoms with Crippen molar-refractivity contribution in [2.75, 3.05) is 26.4 Å². The molecule has 0 aliphatic heterocycles. The van der Waals surface area contributed by atoms with Crippen LogP contribution in [0.15, 0.2) is 0 Å². The fourth-order valence-electron chi connectivity index (χ4n) is 2.17. The van der Waals surface area contributed by atoms with Crippen molar-refractivity contribution in [1.82, 2.24) is 0 Å². The summed E-state index contributed by atoms with van der Waals surface area (Å²) >= 11 is 0. The third-order valence-electron chi connectivity index (χ3n) is 3.11. The fraction of sp³-hybridized carbons (Fsp3) is 0.857. The highest BCUT2D eigenvalue weighted by Crippen LogP contribution is 2.23. The second-order valence-corrected chi connectivity index (χ2v) is 4.82. The Kier molecular flexibility index (Phi) is 8.22. The summed E-state index contributed by atoms with van der Waals surface area (Å²) in [6.45, 7) is 4.30. The summed E-state index contributed by atoms with van der Waals surface area (Å²) < 4.78 is 20.9. The molecule has 20 heavy (non-hydrogen) atoms. The molecular weight excluding hydrogens is 264 g/mol. The van der Waals surface area contributed by atoms with Gasteiger partial charge >= 0.3 is 11.9 Å². The van der Waals surface area contributed by atoms with E-state index >= 15 is 0 Å². The SMILES string of the molecule is CC(=O)OCCOC1CCC(OCCOC(C)=O)CC1. The van der Waals surface area contributed by atoms with Gasteiger partial charge in [0.2, 0.25) is 0 Å². The Balaban J connectivity index is 1.99. The van der Waals surface area contributed by atoms with Crippen molar-refractivity contribution in [2.45, 2.75) is 51.7 Å². The lowest BCUT2D eigenvalue weighted by Gasteiger charge is -2.28. The molecule has 1 aliphatic carbocycles. The molecule has 0 unspecified atom stereocenters. The minimum Gasteiger partial charge on any atom is -0.463 e. The molecule has 0 bridgehead atoms. The zero-order chi connectivity index (χ0) is 14.8. The highest BCUT2D eigenvalue weighted by Gasteiger charge is 2.22. The second kappa shape index (κ2) is 9.72. The number of ether oxygens (including phenoxy) is 4. The van der Waals surface area contributed by atoms with Crippen molar-refractivity contribution < 1.29 is 28.5 Å². The average Bonchev–Trinajstić information content (AvgIpc) is 2.41. The number of rotatable bonds is 8. The first kappa shape index (κ1) is 16.9. The Morgan fingerprint density at radius 1 is 0.750 bits per heavy atom. The topological polar surface area (TPSA) is 71.1 Å². The van der Waals surface area contributed by atoms with Crippen LogP contribution >= 0.6 is 0 Å². The molecule has 0 spiro atoms. The summed E-state index contributed by atoms with van der Waals surface area (Å²) in [4.78, 5) is 21.2. The highest BCUT2D eigenvalue weighted by atomic mass is 16.6. The minimum absolute atomic E-state index is 0.221. The van der Waals surface area contributed by atoms with Gasteiger partial charge in [-0.1, -0.05) is 0 Å². The highest BCUT2D eigenvalue weighted by molar-refractivity contribution is 5.66. The monoisotopic (exact) mass is 288 g/mol. The van der Waals surface area contributed by atoms with E-state index in [2.05, 4.69) is 0 Å². The molecule has 6 nitrogen and oxygen atoms in total. The Labute approximate surface area is 119 Å². The predicted octanol–water partition coefficient (Wildman–Crippen LogP) is 1.46. The maximum atomic E-state index is 10.6. The van der Waals surface area contributed by atoms with E-state index in [0.717, 1.165) is 25.7 Å². The molecule has 1 saturated carbocycles. The largest absolute Gasteiger partial charge is 0.463 e. The summed E-state index contributed by atoms with van der Waals surface area (Å²) in [6.07, 6.45) is 4.21. The second-order valence-electron chi connectivity index (χ2n) is 4.82. The summed E-state index contributed by atoms with van der Waals surface area (Å²) in [5.74, 6) is -0.558. The lowest BCUT2D eigenvalue weighted by molar-refractivity contribution is -0.145. The van der Waals surface area contributed by atoms with Crippen LogP contribution in [0.25, 0.3) is 0 Å². The molecule has 0 aromatic carbocycles. The molecule has 1 rings (SSSR count). The zero-order valence-corrected chi connectivity index (χ0v) is 12.3. The molecule has 0 saturated heterocycles. The molecule has 0 amide bonds. The van der Waals surface area contributed by atoms with Gasteiger partial charge in [0.05, 0.1) is 25.4 Å². The van der Waals surface area contributed by atoms with Crippen LogP contribution in [0, 0.1) is 0 Å². The van der Waals surface area contributed by atoms with Crippen LogP contribution in [0.1, 0.15) is 39.5 Å². The van der Waals surface area contributed by atoms with E-state index in [0.29, 0.717) is 26.4 Å². The lowest BCUT2D eigenvalue weighted by atomic mass is 9.95. The van der Waals surface area contributed by atoms with Crippen LogP contribution in [0.4, 0.5) is 0 Å². The maximum absolute atomic E-state index is 10.6. The van der Waals surface area contributed by atoms with E-state index in [9.17, 15) is 9.59 Å². The predicted molar refractivity (Wildman–Crippen MR) is 71.2 cm³/mol. The van der Waals surface area contributed by atoms with Gasteiger partial charge in [0.1, 0.15) is 13.2 Å². The number of hydrogen-bond donors (Lipinski definition) is 0. The first-order valence-corrected chi connectivity index (χ1v) is 7.08. The number of carbonyl (C=O) groups is 2. The lowest BCUT2D eigenvalue weighted by Crippen LogP contribution is -2.28. The first-order valence-electron chi connectivity index (χ1n) is 7.08. The van der Waals surface area contributed by atoms with Gasteiger partial charge in [0.25, 0.3) is 0 Å². The maximum Gasteiger partial charge on any atom is 0.302 e. The first-order chi connectivity index (χ1) is 9.58. The van der Waals surface area contributed by atoms with Gasteiger partial charge in [-0.3, -0.25) is 9.59 Å². The smallest absolute Gasteiger partial charge is 0.302 e. The summed E-state index contributed by atoms with van der Waals surface area (Å²) in [5, 5.41) is 0. The minimum atomic E-state index is -0.279. The molecule has 0 radical (unpaired) electrons. The van der Waals surface area contributed by atoms with Crippen LogP contribution in [-0.2, 0) is 28.5 Å². The number of carbonyl (C=O) groups excluding carboxylic acids is 2. The van der Waals surface area contributed by atoms with E-state index in [1.54, 1.807) is 0 Å². The standard InChI is InChI=1S/C14H24O6/c1-11(15)17-7-9-19-13-3-5-14(6-4-13)20-10-8-18-12(2)16/h13-14H,3-10H2,1-2H3. The van der Waals surface area contributed by atoms with Crippen LogP contribution in [0.2, 0.25) is 0 Å². The Morgan fingerprint density at radius 3 is 1.40 bits per heavy atom. The van der Waals surface area contributed by atoms with Gasteiger partial charge in [-0.25, -0.2) is 0 Å². The summed E-state index contributed by atoms with van der Waals surface area (Å²) in [6, 6.07) is 0. The average molecular weight is 288 g/mol. The summed E-state index contributed by atoms with van der Waals surface area (Å²) in [7, 11) is 0. The zero-order valence-electron chi connectivity index (χ0n) is 12.3. The van der Waals surface area contributed by atoms with E-state index in [1.165, 1.54) is 13.8 Å². The fourth-order valence-corrected chi connectivity index (χ4v) is 2.17. The van der Waals surface area contributed by atoms with Crippen molar-refractivity contribution in [2.24, 2.45) is 0 Å². The molecule has 0 aromatic rings. The molecule has 0 aromatic heterocycles. The molecule has 0 atom stereocenters. The van der Waals surface area contributed by atoms with E-state index in [4.69, 9.17) is 18.9 Å². The number of hydrogen-bond acceptors (Lipinski definition) is 6. The molecule has 116 valence electrons. The van der Waals surface area contributed by atoms with Crippen molar-refractivity contribution in [3.05, 3.63) is 0 Å². The number of esters is 2. The normalized spacial score (nSPS) is 22.3. The van der Waals surface area contributed by atoms with Crippen molar-refractivity contribution in [3.8, 4) is 0 Å². The van der Waals surface area contributed by atoms with Gasteiger partial charge in [-0.05, 0) is 25.7 Å². The Hall–Kier alpha value is -1.14. The van der Waals surface area contributed by atoms with E-state index < -0.39 is 0 Å². The van der Waals surface area contributed by atoms with Crippen LogP contribution < -0.4 is 0 Å². The molecule has 0 N–H and O–H groups in total. The van der Waals surface area contributed by atoms with Crippen molar-refractivity contribution in [1.29, 1.82) is 0 Å². The van der Waals surface area contributed by atoms with Crippen molar-refractivity contribution in [3.63, 3.8) is 0 Å². The Morgan fingerprint density at radius 2 is 1.10 bits per heavy atom. The van der Waals surface area contributed by atoms with Crippen molar-refractivity contribution >= 4 is 11.9 Å². The summed E-state index contributed by atoms with van der Waals surface area (Å²) in [5.41, 5.74) is 0. The van der Waals surface area contributed by atoms with Gasteiger partial charge in [-0.15, -0.1) is 0 Å². The van der Waals surface area contributed by atoms with Gasteiger partial charge in [0.15, 0.2) is 0 Å².